The number of hydrogen-bond acceptors (Lipinski definition) is 1. The van der Waals surface area contributed by atoms with Gasteiger partial charge >= 0.3 is 0 Å². The van der Waals surface area contributed by atoms with Crippen LogP contribution in [-0.4, -0.2) is 0 Å². The van der Waals surface area contributed by atoms with Crippen LogP contribution in [0.4, 0.5) is 11.4 Å². The molecule has 0 aromatic heterocycles. The Hall–Kier alpha value is -6.44. The van der Waals surface area contributed by atoms with Crippen LogP contribution in [0.15, 0.2) is 206 Å². The maximum Gasteiger partial charge on any atom is 0.0716 e. The molecule has 0 amide bonds. The number of nitrogens with zero attached hydrogens (tertiary/aromatic N) is 1. The Kier molecular flexibility index (Phi) is 8.29. The van der Waals surface area contributed by atoms with Gasteiger partial charge in [0.05, 0.1) is 5.41 Å². The van der Waals surface area contributed by atoms with Gasteiger partial charge in [-0.25, -0.2) is 0 Å². The lowest BCUT2D eigenvalue weighted by Gasteiger charge is -2.40. The van der Waals surface area contributed by atoms with Crippen LogP contribution in [0.3, 0.4) is 0 Å². The van der Waals surface area contributed by atoms with Crippen LogP contribution in [0.5, 0.6) is 0 Å². The molecule has 1 atom stereocenters. The Labute approximate surface area is 325 Å². The SMILES string of the molecule is CC1CC(c2ccccc2)=CC=C1N(c1ccc(-c2ccccc2)cc1)c1cccc2c1CCC1=C2C(c2ccccc2)(c2ccccc2)c2ccccc21. The lowest BCUT2D eigenvalue weighted by Crippen LogP contribution is -2.31. The second kappa shape index (κ2) is 13.8. The number of fused-ring (bicyclic) bond motifs is 4. The highest BCUT2D eigenvalue weighted by molar-refractivity contribution is 6.08. The fraction of sp³-hybridized carbons (Fsp3) is 0.111. The standard InChI is InChI=1S/C54H43N/c1-38-37-42(40-19-8-3-9-20-40)31-36-51(38)55(45-32-29-41(30-33-45)39-17-6-2-7-18-39)52-28-16-26-48-47(52)34-35-49-46-25-14-15-27-50(46)54(53(48)49,43-21-10-4-11-22-43)44-23-12-5-13-24-44/h2-33,36,38H,34-35,37H2,1H3. The number of rotatable bonds is 7. The molecule has 1 unspecified atom stereocenters. The molecular weight excluding hydrogens is 663 g/mol. The third-order valence-corrected chi connectivity index (χ3v) is 12.2. The highest BCUT2D eigenvalue weighted by Crippen LogP contribution is 2.61. The van der Waals surface area contributed by atoms with Crippen molar-refractivity contribution < 1.29 is 0 Å². The third-order valence-electron chi connectivity index (χ3n) is 12.2. The van der Waals surface area contributed by atoms with Crippen molar-refractivity contribution in [3.8, 4) is 11.1 Å². The van der Waals surface area contributed by atoms with Crippen molar-refractivity contribution in [3.63, 3.8) is 0 Å². The highest BCUT2D eigenvalue weighted by Gasteiger charge is 2.49. The van der Waals surface area contributed by atoms with Crippen LogP contribution in [-0.2, 0) is 11.8 Å². The van der Waals surface area contributed by atoms with E-state index in [0.29, 0.717) is 5.92 Å². The molecular formula is C54H43N. The van der Waals surface area contributed by atoms with E-state index in [1.807, 2.05) is 0 Å². The molecule has 0 saturated carbocycles. The second-order valence-corrected chi connectivity index (χ2v) is 15.2. The molecule has 0 heterocycles. The van der Waals surface area contributed by atoms with Gasteiger partial charge in [0.25, 0.3) is 0 Å². The number of benzene rings is 7. The number of allylic oxidation sites excluding steroid dienone is 6. The van der Waals surface area contributed by atoms with Crippen LogP contribution in [0.2, 0.25) is 0 Å². The molecule has 0 radical (unpaired) electrons. The quantitative estimate of drug-likeness (QED) is 0.160. The van der Waals surface area contributed by atoms with E-state index in [4.69, 9.17) is 0 Å². The Bertz CT molecular complexity index is 2550. The van der Waals surface area contributed by atoms with E-state index in [9.17, 15) is 0 Å². The van der Waals surface area contributed by atoms with Crippen molar-refractivity contribution in [1.82, 2.24) is 0 Å². The summed E-state index contributed by atoms with van der Waals surface area (Å²) in [5.41, 5.74) is 19.6. The first kappa shape index (κ1) is 33.2. The van der Waals surface area contributed by atoms with Gasteiger partial charge in [0.1, 0.15) is 0 Å². The van der Waals surface area contributed by atoms with Crippen molar-refractivity contribution in [2.75, 3.05) is 4.90 Å². The lowest BCUT2D eigenvalue weighted by molar-refractivity contribution is 0.679. The molecule has 0 bridgehead atoms. The molecule has 0 fully saturated rings. The molecule has 1 heteroatoms. The van der Waals surface area contributed by atoms with E-state index in [1.165, 1.54) is 83.9 Å². The van der Waals surface area contributed by atoms with E-state index in [0.717, 1.165) is 19.3 Å². The largest absolute Gasteiger partial charge is 0.314 e. The molecule has 7 aromatic carbocycles. The Balaban J connectivity index is 1.19. The molecule has 0 spiro atoms. The van der Waals surface area contributed by atoms with E-state index in [2.05, 4.69) is 212 Å². The van der Waals surface area contributed by atoms with Gasteiger partial charge < -0.3 is 4.90 Å². The fourth-order valence-electron chi connectivity index (χ4n) is 9.74. The van der Waals surface area contributed by atoms with Gasteiger partial charge in [-0.05, 0) is 110 Å². The summed E-state index contributed by atoms with van der Waals surface area (Å²) in [6.45, 7) is 2.40. The first-order valence-electron chi connectivity index (χ1n) is 19.7. The van der Waals surface area contributed by atoms with Crippen LogP contribution >= 0.6 is 0 Å². The summed E-state index contributed by atoms with van der Waals surface area (Å²) in [6, 6.07) is 69.5. The zero-order chi connectivity index (χ0) is 36.8. The first-order valence-corrected chi connectivity index (χ1v) is 19.7. The summed E-state index contributed by atoms with van der Waals surface area (Å²) < 4.78 is 0. The first-order chi connectivity index (χ1) is 27.2. The van der Waals surface area contributed by atoms with Gasteiger partial charge in [0.15, 0.2) is 0 Å². The molecule has 0 N–H and O–H groups in total. The zero-order valence-corrected chi connectivity index (χ0v) is 31.2. The molecule has 3 aliphatic carbocycles. The summed E-state index contributed by atoms with van der Waals surface area (Å²) in [6.07, 6.45) is 7.70. The zero-order valence-electron chi connectivity index (χ0n) is 31.2. The van der Waals surface area contributed by atoms with Crippen LogP contribution in [0, 0.1) is 5.92 Å². The van der Waals surface area contributed by atoms with E-state index < -0.39 is 5.41 Å². The van der Waals surface area contributed by atoms with Gasteiger partial charge in [-0.2, -0.15) is 0 Å². The molecule has 55 heavy (non-hydrogen) atoms. The van der Waals surface area contributed by atoms with Crippen molar-refractivity contribution >= 4 is 28.1 Å². The fourth-order valence-corrected chi connectivity index (χ4v) is 9.74. The van der Waals surface area contributed by atoms with Crippen molar-refractivity contribution in [1.29, 1.82) is 0 Å². The molecule has 0 saturated heterocycles. The maximum atomic E-state index is 2.58. The third kappa shape index (κ3) is 5.45. The maximum absolute atomic E-state index is 2.58. The average Bonchev–Trinajstić information content (AvgIpc) is 3.57. The monoisotopic (exact) mass is 705 g/mol. The number of hydrogen-bond donors (Lipinski definition) is 0. The predicted molar refractivity (Wildman–Crippen MR) is 231 cm³/mol. The smallest absolute Gasteiger partial charge is 0.0716 e. The second-order valence-electron chi connectivity index (χ2n) is 15.2. The minimum absolute atomic E-state index is 0.312. The van der Waals surface area contributed by atoms with E-state index >= 15 is 0 Å². The van der Waals surface area contributed by atoms with Crippen LogP contribution in [0.25, 0.3) is 27.8 Å². The van der Waals surface area contributed by atoms with Gasteiger partial charge in [0.2, 0.25) is 0 Å². The summed E-state index contributed by atoms with van der Waals surface area (Å²) in [5.74, 6) is 0.312. The molecule has 264 valence electrons. The van der Waals surface area contributed by atoms with Gasteiger partial charge in [-0.1, -0.05) is 183 Å². The molecule has 10 rings (SSSR count). The highest BCUT2D eigenvalue weighted by atomic mass is 15.2. The normalized spacial score (nSPS) is 16.7. The molecule has 3 aliphatic rings. The van der Waals surface area contributed by atoms with E-state index in [-0.39, 0.29) is 0 Å². The van der Waals surface area contributed by atoms with Gasteiger partial charge in [0, 0.05) is 23.0 Å². The molecule has 7 aromatic rings. The Morgan fingerprint density at radius 3 is 1.71 bits per heavy atom. The Morgan fingerprint density at radius 2 is 1.05 bits per heavy atom. The predicted octanol–water partition coefficient (Wildman–Crippen LogP) is 13.7. The number of anilines is 2. The van der Waals surface area contributed by atoms with Gasteiger partial charge in [-0.3, -0.25) is 0 Å². The van der Waals surface area contributed by atoms with Crippen molar-refractivity contribution in [3.05, 3.63) is 245 Å². The molecule has 0 aliphatic heterocycles. The molecule has 1 nitrogen and oxygen atoms in total. The summed E-state index contributed by atoms with van der Waals surface area (Å²) in [7, 11) is 0. The van der Waals surface area contributed by atoms with Crippen molar-refractivity contribution in [2.45, 2.75) is 31.6 Å². The van der Waals surface area contributed by atoms with Crippen LogP contribution in [0.1, 0.15) is 58.7 Å². The topological polar surface area (TPSA) is 3.24 Å². The summed E-state index contributed by atoms with van der Waals surface area (Å²) in [4.78, 5) is 2.58. The van der Waals surface area contributed by atoms with Crippen LogP contribution < -0.4 is 4.90 Å². The summed E-state index contributed by atoms with van der Waals surface area (Å²) in [5, 5.41) is 0. The minimum atomic E-state index is -0.435. The Morgan fingerprint density at radius 1 is 0.491 bits per heavy atom. The lowest BCUT2D eigenvalue weighted by atomic mass is 9.64. The average molecular weight is 706 g/mol. The minimum Gasteiger partial charge on any atom is -0.314 e. The summed E-state index contributed by atoms with van der Waals surface area (Å²) >= 11 is 0. The van der Waals surface area contributed by atoms with Crippen molar-refractivity contribution in [2.24, 2.45) is 5.92 Å². The van der Waals surface area contributed by atoms with E-state index in [1.54, 1.807) is 0 Å². The van der Waals surface area contributed by atoms with Gasteiger partial charge in [-0.15, -0.1) is 0 Å².